The number of hydrogen-bond acceptors (Lipinski definition) is 4. The van der Waals surface area contributed by atoms with Crippen molar-refractivity contribution in [2.45, 2.75) is 16.6 Å². The van der Waals surface area contributed by atoms with Gasteiger partial charge >= 0.3 is 0 Å². The zero-order chi connectivity index (χ0) is 11.5. The fourth-order valence-corrected chi connectivity index (χ4v) is 2.72. The van der Waals surface area contributed by atoms with Gasteiger partial charge in [-0.2, -0.15) is 0 Å². The summed E-state index contributed by atoms with van der Waals surface area (Å²) in [6.45, 7) is 3.06. The molecule has 0 aromatic heterocycles. The fraction of sp³-hybridized carbons (Fsp3) is 0.636. The minimum atomic E-state index is -1.35. The number of aliphatic hydroxyl groups excluding tert-OH is 1. The highest BCUT2D eigenvalue weighted by Crippen LogP contribution is 2.28. The molecule has 0 unspecified atom stereocenters. The average Bonchev–Trinajstić information content (AvgIpc) is 2.30. The van der Waals surface area contributed by atoms with E-state index in [0.717, 1.165) is 24.4 Å². The maximum absolute atomic E-state index is 9.40. The summed E-state index contributed by atoms with van der Waals surface area (Å²) in [5, 5.41) is 18.8. The van der Waals surface area contributed by atoms with E-state index in [1.165, 1.54) is 0 Å². The molecule has 2 rings (SSSR count). The molecule has 1 saturated heterocycles. The molecule has 16 heavy (non-hydrogen) atoms. The van der Waals surface area contributed by atoms with Crippen LogP contribution in [0.5, 0.6) is 0 Å². The first-order chi connectivity index (χ1) is 7.68. The highest BCUT2D eigenvalue weighted by Gasteiger charge is 2.23. The van der Waals surface area contributed by atoms with E-state index in [9.17, 15) is 10.2 Å². The molecule has 2 aliphatic rings. The van der Waals surface area contributed by atoms with E-state index in [-0.39, 0.29) is 0 Å². The molecule has 1 fully saturated rings. The Morgan fingerprint density at radius 3 is 2.69 bits per heavy atom. The van der Waals surface area contributed by atoms with Crippen LogP contribution in [0.2, 0.25) is 0 Å². The van der Waals surface area contributed by atoms with Gasteiger partial charge in [0.2, 0.25) is 0 Å². The summed E-state index contributed by atoms with van der Waals surface area (Å²) in [7, 11) is 0. The van der Waals surface area contributed by atoms with Crippen molar-refractivity contribution in [3.8, 4) is 0 Å². The molecule has 0 saturated carbocycles. The number of ether oxygens (including phenoxy) is 1. The lowest BCUT2D eigenvalue weighted by Gasteiger charge is -2.34. The lowest BCUT2D eigenvalue weighted by molar-refractivity contribution is -0.0142. The van der Waals surface area contributed by atoms with Gasteiger partial charge in [0.05, 0.1) is 13.2 Å². The second kappa shape index (κ2) is 5.48. The van der Waals surface area contributed by atoms with Crippen LogP contribution in [0.15, 0.2) is 23.4 Å². The first kappa shape index (κ1) is 12.3. The van der Waals surface area contributed by atoms with Gasteiger partial charge in [-0.15, -0.1) is 0 Å². The van der Waals surface area contributed by atoms with Crippen molar-refractivity contribution in [1.29, 1.82) is 0 Å². The number of halogens is 1. The van der Waals surface area contributed by atoms with Crippen molar-refractivity contribution in [2.75, 3.05) is 26.3 Å². The molecular formula is C11H16INO3. The van der Waals surface area contributed by atoms with Crippen molar-refractivity contribution >= 4 is 22.6 Å². The average molecular weight is 337 g/mol. The zero-order valence-corrected chi connectivity index (χ0v) is 11.1. The molecule has 1 aliphatic heterocycles. The predicted molar refractivity (Wildman–Crippen MR) is 69.2 cm³/mol. The normalized spacial score (nSPS) is 26.8. The molecule has 1 atom stereocenters. The van der Waals surface area contributed by atoms with Crippen molar-refractivity contribution < 1.29 is 14.9 Å². The highest BCUT2D eigenvalue weighted by atomic mass is 127. The lowest BCUT2D eigenvalue weighted by Crippen LogP contribution is -2.37. The third-order valence-corrected chi connectivity index (χ3v) is 3.73. The molecule has 2 N–H and O–H groups in total. The number of aliphatic hydroxyl groups is 2. The summed E-state index contributed by atoms with van der Waals surface area (Å²) in [5.74, 6) is 0. The van der Waals surface area contributed by atoms with Crippen LogP contribution in [0.4, 0.5) is 0 Å². The number of allylic oxidation sites excluding steroid dienone is 2. The van der Waals surface area contributed by atoms with Gasteiger partial charge in [0, 0.05) is 28.3 Å². The Morgan fingerprint density at radius 2 is 2.06 bits per heavy atom. The lowest BCUT2D eigenvalue weighted by atomic mass is 10.0. The minimum Gasteiger partial charge on any atom is -0.378 e. The number of nitrogens with zero attached hydrogens (tertiary/aromatic N) is 1. The third-order valence-electron chi connectivity index (χ3n) is 2.87. The Hall–Kier alpha value is -0.110. The molecule has 0 aromatic carbocycles. The Labute approximate surface area is 109 Å². The first-order valence-corrected chi connectivity index (χ1v) is 6.67. The summed E-state index contributed by atoms with van der Waals surface area (Å²) >= 11 is 2.30. The molecular weight excluding hydrogens is 321 g/mol. The van der Waals surface area contributed by atoms with Crippen LogP contribution in [-0.2, 0) is 4.74 Å². The van der Waals surface area contributed by atoms with Crippen molar-refractivity contribution in [2.24, 2.45) is 0 Å². The van der Waals surface area contributed by atoms with Crippen LogP contribution in [0.25, 0.3) is 0 Å². The number of morpholine rings is 1. The number of rotatable bonds is 2. The SMILES string of the molecule is OC(O)C1=C(N2CCOCC2)C=C[C@H](I)C1. The Morgan fingerprint density at radius 1 is 1.38 bits per heavy atom. The summed E-state index contributed by atoms with van der Waals surface area (Å²) in [5.41, 5.74) is 1.69. The third kappa shape index (κ3) is 2.77. The van der Waals surface area contributed by atoms with Gasteiger partial charge in [-0.25, -0.2) is 0 Å². The Balaban J connectivity index is 2.20. The first-order valence-electron chi connectivity index (χ1n) is 5.42. The maximum Gasteiger partial charge on any atom is 0.176 e. The number of hydrogen-bond donors (Lipinski definition) is 2. The highest BCUT2D eigenvalue weighted by molar-refractivity contribution is 14.1. The Kier molecular flexibility index (Phi) is 4.23. The molecule has 1 aliphatic carbocycles. The topological polar surface area (TPSA) is 52.9 Å². The molecule has 4 nitrogen and oxygen atoms in total. The fourth-order valence-electron chi connectivity index (χ4n) is 2.04. The summed E-state index contributed by atoms with van der Waals surface area (Å²) < 4.78 is 5.64. The minimum absolute atomic E-state index is 0.346. The van der Waals surface area contributed by atoms with Crippen LogP contribution < -0.4 is 0 Å². The van der Waals surface area contributed by atoms with E-state index in [4.69, 9.17) is 4.74 Å². The zero-order valence-electron chi connectivity index (χ0n) is 8.97. The van der Waals surface area contributed by atoms with Crippen molar-refractivity contribution in [1.82, 2.24) is 4.90 Å². The predicted octanol–water partition coefficient (Wildman–Crippen LogP) is 0.647. The van der Waals surface area contributed by atoms with Crippen LogP contribution in [0.1, 0.15) is 6.42 Å². The van der Waals surface area contributed by atoms with Crippen LogP contribution in [0, 0.1) is 0 Å². The van der Waals surface area contributed by atoms with Crippen LogP contribution in [0.3, 0.4) is 0 Å². The van der Waals surface area contributed by atoms with Gasteiger partial charge in [0.25, 0.3) is 0 Å². The van der Waals surface area contributed by atoms with E-state index < -0.39 is 6.29 Å². The van der Waals surface area contributed by atoms with Crippen LogP contribution in [-0.4, -0.2) is 51.6 Å². The second-order valence-corrected chi connectivity index (χ2v) is 5.56. The van der Waals surface area contributed by atoms with E-state index in [1.807, 2.05) is 6.08 Å². The van der Waals surface area contributed by atoms with E-state index in [0.29, 0.717) is 23.6 Å². The van der Waals surface area contributed by atoms with Gasteiger partial charge in [-0.1, -0.05) is 28.7 Å². The van der Waals surface area contributed by atoms with Crippen molar-refractivity contribution in [3.63, 3.8) is 0 Å². The van der Waals surface area contributed by atoms with Gasteiger partial charge in [0.15, 0.2) is 6.29 Å². The molecule has 0 radical (unpaired) electrons. The molecule has 0 amide bonds. The molecule has 0 spiro atoms. The monoisotopic (exact) mass is 337 g/mol. The summed E-state index contributed by atoms with van der Waals surface area (Å²) in [6.07, 6.45) is 3.47. The molecule has 1 heterocycles. The van der Waals surface area contributed by atoms with E-state index in [2.05, 4.69) is 33.6 Å². The maximum atomic E-state index is 9.40. The van der Waals surface area contributed by atoms with E-state index in [1.54, 1.807) is 0 Å². The van der Waals surface area contributed by atoms with Gasteiger partial charge < -0.3 is 19.8 Å². The van der Waals surface area contributed by atoms with E-state index >= 15 is 0 Å². The molecule has 90 valence electrons. The molecule has 5 heteroatoms. The molecule has 0 aromatic rings. The number of alkyl halides is 1. The smallest absolute Gasteiger partial charge is 0.176 e. The summed E-state index contributed by atoms with van der Waals surface area (Å²) in [6, 6.07) is 0. The van der Waals surface area contributed by atoms with Gasteiger partial charge in [-0.3, -0.25) is 0 Å². The van der Waals surface area contributed by atoms with Gasteiger partial charge in [0.1, 0.15) is 0 Å². The van der Waals surface area contributed by atoms with Gasteiger partial charge in [-0.05, 0) is 12.5 Å². The largest absolute Gasteiger partial charge is 0.378 e. The van der Waals surface area contributed by atoms with Crippen molar-refractivity contribution in [3.05, 3.63) is 23.4 Å². The quantitative estimate of drug-likeness (QED) is 0.441. The standard InChI is InChI=1S/C11H16INO3/c12-8-1-2-10(9(7-8)11(14)15)13-3-5-16-6-4-13/h1-2,8,11,14-15H,3-7H2/t8-/m0/s1. The second-order valence-electron chi connectivity index (χ2n) is 3.96. The van der Waals surface area contributed by atoms with Crippen LogP contribution >= 0.6 is 22.6 Å². The summed E-state index contributed by atoms with van der Waals surface area (Å²) in [4.78, 5) is 2.16. The molecule has 0 bridgehead atoms. The Bertz CT molecular complexity index is 308.